The standard InChI is InChI=1S/C21H22N4O4S2/c1-3-12-25-20(27)18(13-19(26)24-17-7-5-4-6-14(17)2)30-21(25)23-15-8-10-16(11-9-15)31(22,28)29/h3-11,18H,1,12-13H2,2H3,(H,24,26)(H2,22,28,29)/t18-/m0/s1. The maximum atomic E-state index is 12.8. The molecular formula is C21H22N4O4S2. The van der Waals surface area contributed by atoms with Crippen LogP contribution in [0.1, 0.15) is 12.0 Å². The average Bonchev–Trinajstić information content (AvgIpc) is 2.98. The van der Waals surface area contributed by atoms with E-state index in [1.165, 1.54) is 40.9 Å². The summed E-state index contributed by atoms with van der Waals surface area (Å²) in [4.78, 5) is 31.2. The van der Waals surface area contributed by atoms with Gasteiger partial charge in [-0.15, -0.1) is 6.58 Å². The molecule has 2 amide bonds. The molecule has 8 nitrogen and oxygen atoms in total. The number of nitrogens with two attached hydrogens (primary N) is 1. The zero-order valence-corrected chi connectivity index (χ0v) is 18.4. The molecule has 3 rings (SSSR count). The molecule has 0 radical (unpaired) electrons. The first kappa shape index (κ1) is 22.7. The Bertz CT molecular complexity index is 1140. The monoisotopic (exact) mass is 458 g/mol. The third-order valence-electron chi connectivity index (χ3n) is 4.51. The van der Waals surface area contributed by atoms with Gasteiger partial charge in [0.1, 0.15) is 5.25 Å². The Morgan fingerprint density at radius 2 is 1.94 bits per heavy atom. The molecule has 0 aliphatic carbocycles. The van der Waals surface area contributed by atoms with E-state index in [4.69, 9.17) is 5.14 Å². The van der Waals surface area contributed by atoms with Crippen LogP contribution in [0.3, 0.4) is 0 Å². The molecule has 0 saturated carbocycles. The van der Waals surface area contributed by atoms with Crippen molar-refractivity contribution in [2.24, 2.45) is 10.1 Å². The van der Waals surface area contributed by atoms with Crippen molar-refractivity contribution in [1.82, 2.24) is 4.90 Å². The summed E-state index contributed by atoms with van der Waals surface area (Å²) in [6.07, 6.45) is 1.57. The summed E-state index contributed by atoms with van der Waals surface area (Å²) in [7, 11) is -3.80. The summed E-state index contributed by atoms with van der Waals surface area (Å²) >= 11 is 1.19. The maximum absolute atomic E-state index is 12.8. The van der Waals surface area contributed by atoms with Crippen LogP contribution < -0.4 is 10.5 Å². The lowest BCUT2D eigenvalue weighted by Gasteiger charge is -2.14. The molecule has 0 unspecified atom stereocenters. The molecule has 3 N–H and O–H groups in total. The van der Waals surface area contributed by atoms with Gasteiger partial charge in [-0.2, -0.15) is 0 Å². The molecule has 162 valence electrons. The Hall–Kier alpha value is -2.95. The Morgan fingerprint density at radius 3 is 2.55 bits per heavy atom. The van der Waals surface area contributed by atoms with E-state index in [9.17, 15) is 18.0 Å². The van der Waals surface area contributed by atoms with Crippen molar-refractivity contribution in [2.45, 2.75) is 23.5 Å². The highest BCUT2D eigenvalue weighted by Gasteiger charge is 2.38. The van der Waals surface area contributed by atoms with Crippen molar-refractivity contribution in [2.75, 3.05) is 11.9 Å². The summed E-state index contributed by atoms with van der Waals surface area (Å²) in [6, 6.07) is 13.1. The number of thioether (sulfide) groups is 1. The first-order valence-electron chi connectivity index (χ1n) is 9.35. The Balaban J connectivity index is 1.77. The van der Waals surface area contributed by atoms with Crippen LogP contribution in [-0.4, -0.2) is 42.1 Å². The van der Waals surface area contributed by atoms with Gasteiger partial charge in [0.15, 0.2) is 5.17 Å². The molecule has 1 atom stereocenters. The van der Waals surface area contributed by atoms with Gasteiger partial charge in [0, 0.05) is 18.7 Å². The van der Waals surface area contributed by atoms with Gasteiger partial charge in [-0.25, -0.2) is 18.5 Å². The zero-order valence-electron chi connectivity index (χ0n) is 16.8. The first-order chi connectivity index (χ1) is 14.7. The van der Waals surface area contributed by atoms with Crippen molar-refractivity contribution < 1.29 is 18.0 Å². The molecule has 1 aliphatic rings. The fourth-order valence-corrected chi connectivity index (χ4v) is 4.61. The largest absolute Gasteiger partial charge is 0.326 e. The number of amidine groups is 1. The van der Waals surface area contributed by atoms with Crippen molar-refractivity contribution in [3.8, 4) is 0 Å². The number of para-hydroxylation sites is 1. The predicted molar refractivity (Wildman–Crippen MR) is 123 cm³/mol. The summed E-state index contributed by atoms with van der Waals surface area (Å²) in [5.74, 6) is -0.498. The SMILES string of the molecule is C=CCN1C(=O)[C@H](CC(=O)Nc2ccccc2C)SC1=Nc1ccc(S(N)(=O)=O)cc1. The Morgan fingerprint density at radius 1 is 1.26 bits per heavy atom. The maximum Gasteiger partial charge on any atom is 0.242 e. The number of hydrogen-bond donors (Lipinski definition) is 2. The first-order valence-corrected chi connectivity index (χ1v) is 11.8. The number of hydrogen-bond acceptors (Lipinski definition) is 6. The molecule has 0 aromatic heterocycles. The van der Waals surface area contributed by atoms with E-state index in [1.807, 2.05) is 25.1 Å². The van der Waals surface area contributed by atoms with Gasteiger partial charge in [0.25, 0.3) is 0 Å². The number of primary sulfonamides is 1. The lowest BCUT2D eigenvalue weighted by molar-refractivity contribution is -0.127. The minimum absolute atomic E-state index is 0.00511. The number of aliphatic imine (C=N–C) groups is 1. The van der Waals surface area contributed by atoms with Crippen LogP contribution in [0.25, 0.3) is 0 Å². The molecule has 2 aromatic rings. The fraction of sp³-hybridized carbons (Fsp3) is 0.190. The number of sulfonamides is 1. The molecule has 0 bridgehead atoms. The van der Waals surface area contributed by atoms with Gasteiger partial charge in [0.05, 0.1) is 10.6 Å². The number of anilines is 1. The van der Waals surface area contributed by atoms with E-state index in [0.29, 0.717) is 16.5 Å². The highest BCUT2D eigenvalue weighted by atomic mass is 32.2. The second kappa shape index (κ2) is 9.46. The summed E-state index contributed by atoms with van der Waals surface area (Å²) in [5, 5.41) is 7.75. The third-order valence-corrected chi connectivity index (χ3v) is 6.62. The van der Waals surface area contributed by atoms with E-state index in [-0.39, 0.29) is 29.7 Å². The summed E-state index contributed by atoms with van der Waals surface area (Å²) in [6.45, 7) is 5.81. The average molecular weight is 459 g/mol. The number of carbonyl (C=O) groups is 2. The Kier molecular flexibility index (Phi) is 6.94. The topological polar surface area (TPSA) is 122 Å². The molecular weight excluding hydrogens is 436 g/mol. The lowest BCUT2D eigenvalue weighted by Crippen LogP contribution is -2.33. The normalized spacial score (nSPS) is 17.7. The smallest absolute Gasteiger partial charge is 0.242 e. The number of rotatable bonds is 7. The summed E-state index contributed by atoms with van der Waals surface area (Å²) < 4.78 is 22.8. The number of amides is 2. The number of nitrogens with one attached hydrogen (secondary N) is 1. The second-order valence-electron chi connectivity index (χ2n) is 6.84. The Labute approximate surface area is 185 Å². The predicted octanol–water partition coefficient (Wildman–Crippen LogP) is 2.79. The van der Waals surface area contributed by atoms with Crippen LogP contribution in [-0.2, 0) is 19.6 Å². The van der Waals surface area contributed by atoms with Gasteiger partial charge in [-0.3, -0.25) is 14.5 Å². The molecule has 31 heavy (non-hydrogen) atoms. The van der Waals surface area contributed by atoms with E-state index in [0.717, 1.165) is 5.56 Å². The minimum Gasteiger partial charge on any atom is -0.326 e. The molecule has 0 spiro atoms. The second-order valence-corrected chi connectivity index (χ2v) is 9.58. The van der Waals surface area contributed by atoms with Crippen LogP contribution in [0.5, 0.6) is 0 Å². The molecule has 1 fully saturated rings. The fourth-order valence-electron chi connectivity index (χ4n) is 2.93. The van der Waals surface area contributed by atoms with Gasteiger partial charge in [-0.05, 0) is 42.8 Å². The number of carbonyl (C=O) groups excluding carboxylic acids is 2. The van der Waals surface area contributed by atoms with Crippen molar-refractivity contribution in [1.29, 1.82) is 0 Å². The minimum atomic E-state index is -3.80. The molecule has 1 heterocycles. The van der Waals surface area contributed by atoms with Gasteiger partial charge in [-0.1, -0.05) is 36.0 Å². The molecule has 2 aromatic carbocycles. The van der Waals surface area contributed by atoms with Crippen LogP contribution >= 0.6 is 11.8 Å². The molecule has 10 heteroatoms. The third kappa shape index (κ3) is 5.60. The van der Waals surface area contributed by atoms with E-state index < -0.39 is 15.3 Å². The number of nitrogens with zero attached hydrogens (tertiary/aromatic N) is 2. The number of benzene rings is 2. The van der Waals surface area contributed by atoms with E-state index in [2.05, 4.69) is 16.9 Å². The quantitative estimate of drug-likeness (QED) is 0.618. The van der Waals surface area contributed by atoms with E-state index in [1.54, 1.807) is 12.1 Å². The highest BCUT2D eigenvalue weighted by Crippen LogP contribution is 2.32. The van der Waals surface area contributed by atoms with Crippen molar-refractivity contribution in [3.63, 3.8) is 0 Å². The molecule has 1 aliphatic heterocycles. The summed E-state index contributed by atoms with van der Waals surface area (Å²) in [5.41, 5.74) is 2.09. The van der Waals surface area contributed by atoms with E-state index >= 15 is 0 Å². The van der Waals surface area contributed by atoms with Gasteiger partial charge >= 0.3 is 0 Å². The zero-order chi connectivity index (χ0) is 22.6. The van der Waals surface area contributed by atoms with Gasteiger partial charge in [0.2, 0.25) is 21.8 Å². The van der Waals surface area contributed by atoms with Gasteiger partial charge < -0.3 is 5.32 Å². The van der Waals surface area contributed by atoms with Crippen LogP contribution in [0.2, 0.25) is 0 Å². The molecule has 1 saturated heterocycles. The van der Waals surface area contributed by atoms with Crippen LogP contribution in [0.4, 0.5) is 11.4 Å². The van der Waals surface area contributed by atoms with Crippen LogP contribution in [0, 0.1) is 6.92 Å². The van der Waals surface area contributed by atoms with Crippen molar-refractivity contribution >= 4 is 50.1 Å². The lowest BCUT2D eigenvalue weighted by atomic mass is 10.2. The van der Waals surface area contributed by atoms with Crippen LogP contribution in [0.15, 0.2) is 71.1 Å². The highest BCUT2D eigenvalue weighted by molar-refractivity contribution is 8.15. The van der Waals surface area contributed by atoms with Crippen molar-refractivity contribution in [3.05, 3.63) is 66.7 Å². The number of aryl methyl sites for hydroxylation is 1.